The predicted octanol–water partition coefficient (Wildman–Crippen LogP) is 5.44. The second-order valence-electron chi connectivity index (χ2n) is 8.27. The summed E-state index contributed by atoms with van der Waals surface area (Å²) in [5.41, 5.74) is 1.92. The Balaban J connectivity index is 1.71. The summed E-state index contributed by atoms with van der Waals surface area (Å²) in [6, 6.07) is 14.9. The Morgan fingerprint density at radius 1 is 1.00 bits per heavy atom. The van der Waals surface area contributed by atoms with E-state index >= 15 is 0 Å². The Morgan fingerprint density at radius 3 is 2.39 bits per heavy atom. The number of benzene rings is 2. The van der Waals surface area contributed by atoms with E-state index in [1.165, 1.54) is 6.42 Å². The van der Waals surface area contributed by atoms with Gasteiger partial charge >= 0.3 is 0 Å². The lowest BCUT2D eigenvalue weighted by molar-refractivity contribution is -0.139. The Bertz CT molecular complexity index is 882. The monoisotopic (exact) mass is 460 g/mol. The third-order valence-corrected chi connectivity index (χ3v) is 6.68. The van der Waals surface area contributed by atoms with Gasteiger partial charge in [0.15, 0.2) is 0 Å². The number of nitrogens with zero attached hydrogens (tertiary/aromatic N) is 1. The molecule has 166 valence electrons. The van der Waals surface area contributed by atoms with Crippen molar-refractivity contribution >= 4 is 35.0 Å². The maximum absolute atomic E-state index is 13.2. The van der Waals surface area contributed by atoms with Crippen LogP contribution in [0.15, 0.2) is 48.5 Å². The van der Waals surface area contributed by atoms with Crippen molar-refractivity contribution in [2.75, 3.05) is 6.54 Å². The van der Waals surface area contributed by atoms with E-state index in [4.69, 9.17) is 23.2 Å². The maximum Gasteiger partial charge on any atom is 0.242 e. The largest absolute Gasteiger partial charge is 0.352 e. The number of hydrogen-bond donors (Lipinski definition) is 1. The van der Waals surface area contributed by atoms with Crippen LogP contribution in [0.4, 0.5) is 0 Å². The van der Waals surface area contributed by atoms with Gasteiger partial charge in [0.05, 0.1) is 16.5 Å². The Morgan fingerprint density at radius 2 is 1.71 bits per heavy atom. The standard InChI is InChI=1S/C25H30Cl2N2O2/c1-18(25(31)28-21-10-6-3-7-11-21)29(15-14-19-8-4-2-5-9-19)24(30)17-20-12-13-22(26)23(27)16-20/h2,4-5,8-9,12-13,16,18,21H,3,6-7,10-11,14-15,17H2,1H3,(H,28,31)/t18-/m0/s1. The van der Waals surface area contributed by atoms with E-state index in [1.54, 1.807) is 23.1 Å². The molecule has 0 aliphatic heterocycles. The van der Waals surface area contributed by atoms with Crippen molar-refractivity contribution in [2.24, 2.45) is 0 Å². The minimum atomic E-state index is -0.541. The van der Waals surface area contributed by atoms with Gasteiger partial charge in [0.1, 0.15) is 6.04 Å². The first-order valence-electron chi connectivity index (χ1n) is 11.0. The average Bonchev–Trinajstić information content (AvgIpc) is 2.77. The van der Waals surface area contributed by atoms with Gasteiger partial charge in [-0.15, -0.1) is 0 Å². The van der Waals surface area contributed by atoms with Crippen molar-refractivity contribution in [3.05, 3.63) is 69.7 Å². The van der Waals surface area contributed by atoms with Crippen molar-refractivity contribution in [3.8, 4) is 0 Å². The number of nitrogens with one attached hydrogen (secondary N) is 1. The van der Waals surface area contributed by atoms with Crippen LogP contribution in [0.1, 0.15) is 50.2 Å². The molecule has 31 heavy (non-hydrogen) atoms. The molecule has 2 aromatic rings. The molecular weight excluding hydrogens is 431 g/mol. The van der Waals surface area contributed by atoms with Crippen molar-refractivity contribution in [1.29, 1.82) is 0 Å². The van der Waals surface area contributed by atoms with Crippen molar-refractivity contribution < 1.29 is 9.59 Å². The molecular formula is C25H30Cl2N2O2. The summed E-state index contributed by atoms with van der Waals surface area (Å²) in [7, 11) is 0. The number of carbonyl (C=O) groups is 2. The zero-order valence-corrected chi connectivity index (χ0v) is 19.5. The fourth-order valence-corrected chi connectivity index (χ4v) is 4.39. The van der Waals surface area contributed by atoms with E-state index in [0.29, 0.717) is 23.0 Å². The van der Waals surface area contributed by atoms with Crippen molar-refractivity contribution in [3.63, 3.8) is 0 Å². The number of rotatable bonds is 8. The highest BCUT2D eigenvalue weighted by Crippen LogP contribution is 2.23. The zero-order valence-electron chi connectivity index (χ0n) is 17.9. The van der Waals surface area contributed by atoms with Crippen molar-refractivity contribution in [2.45, 2.75) is 64.0 Å². The molecule has 4 nitrogen and oxygen atoms in total. The lowest BCUT2D eigenvalue weighted by atomic mass is 9.95. The molecule has 2 aromatic carbocycles. The first-order chi connectivity index (χ1) is 14.9. The fraction of sp³-hybridized carbons (Fsp3) is 0.440. The Hall–Kier alpha value is -2.04. The molecule has 1 saturated carbocycles. The molecule has 3 rings (SSSR count). The third-order valence-electron chi connectivity index (χ3n) is 5.94. The second-order valence-corrected chi connectivity index (χ2v) is 9.08. The Kier molecular flexibility index (Phi) is 8.79. The summed E-state index contributed by atoms with van der Waals surface area (Å²) in [6.07, 6.45) is 6.41. The highest BCUT2D eigenvalue weighted by molar-refractivity contribution is 6.42. The van der Waals surface area contributed by atoms with Crippen LogP contribution >= 0.6 is 23.2 Å². The van der Waals surface area contributed by atoms with Crippen LogP contribution in [0.25, 0.3) is 0 Å². The normalized spacial score (nSPS) is 15.3. The summed E-state index contributed by atoms with van der Waals surface area (Å²) in [4.78, 5) is 27.9. The molecule has 0 saturated heterocycles. The summed E-state index contributed by atoms with van der Waals surface area (Å²) in [5.74, 6) is -0.178. The minimum absolute atomic E-state index is 0.0811. The van der Waals surface area contributed by atoms with Crippen LogP contribution in [0.2, 0.25) is 10.0 Å². The molecule has 1 N–H and O–H groups in total. The molecule has 0 radical (unpaired) electrons. The molecule has 0 unspecified atom stereocenters. The average molecular weight is 461 g/mol. The van der Waals surface area contributed by atoms with E-state index in [-0.39, 0.29) is 24.3 Å². The first-order valence-corrected chi connectivity index (χ1v) is 11.8. The fourth-order valence-electron chi connectivity index (χ4n) is 4.06. The molecule has 1 aliphatic rings. The van der Waals surface area contributed by atoms with Crippen LogP contribution in [-0.2, 0) is 22.4 Å². The van der Waals surface area contributed by atoms with Crippen LogP contribution in [0.5, 0.6) is 0 Å². The van der Waals surface area contributed by atoms with Gasteiger partial charge in [-0.2, -0.15) is 0 Å². The maximum atomic E-state index is 13.2. The van der Waals surface area contributed by atoms with Crippen molar-refractivity contribution in [1.82, 2.24) is 10.2 Å². The van der Waals surface area contributed by atoms with Gasteiger partial charge in [0.2, 0.25) is 11.8 Å². The van der Waals surface area contributed by atoms with E-state index in [9.17, 15) is 9.59 Å². The highest BCUT2D eigenvalue weighted by Gasteiger charge is 2.27. The molecule has 0 bridgehead atoms. The van der Waals surface area contributed by atoms with Gasteiger partial charge in [-0.1, -0.05) is 78.9 Å². The molecule has 1 aliphatic carbocycles. The van der Waals surface area contributed by atoms with E-state index in [2.05, 4.69) is 5.32 Å². The molecule has 1 atom stereocenters. The molecule has 1 fully saturated rings. The smallest absolute Gasteiger partial charge is 0.242 e. The quantitative estimate of drug-likeness (QED) is 0.569. The van der Waals surface area contributed by atoms with Gasteiger partial charge in [-0.25, -0.2) is 0 Å². The van der Waals surface area contributed by atoms with Gasteiger partial charge in [0.25, 0.3) is 0 Å². The SMILES string of the molecule is C[C@@H](C(=O)NC1CCCCC1)N(CCc1ccccc1)C(=O)Cc1ccc(Cl)c(Cl)c1. The number of amides is 2. The lowest BCUT2D eigenvalue weighted by Crippen LogP contribution is -2.51. The highest BCUT2D eigenvalue weighted by atomic mass is 35.5. The number of halogens is 2. The summed E-state index contributed by atoms with van der Waals surface area (Å²) in [5, 5.41) is 4.04. The minimum Gasteiger partial charge on any atom is -0.352 e. The van der Waals surface area contributed by atoms with Gasteiger partial charge in [-0.3, -0.25) is 9.59 Å². The van der Waals surface area contributed by atoms with Gasteiger partial charge < -0.3 is 10.2 Å². The number of carbonyl (C=O) groups excluding carboxylic acids is 2. The lowest BCUT2D eigenvalue weighted by Gasteiger charge is -2.31. The molecule has 6 heteroatoms. The third kappa shape index (κ3) is 6.98. The van der Waals surface area contributed by atoms with E-state index in [0.717, 1.165) is 36.8 Å². The molecule has 2 amide bonds. The van der Waals surface area contributed by atoms with Crippen LogP contribution in [0, 0.1) is 0 Å². The van der Waals surface area contributed by atoms with Gasteiger partial charge in [-0.05, 0) is 49.4 Å². The van der Waals surface area contributed by atoms with E-state index in [1.807, 2.05) is 37.3 Å². The zero-order chi connectivity index (χ0) is 22.2. The van der Waals surface area contributed by atoms with Crippen LogP contribution < -0.4 is 5.32 Å². The summed E-state index contributed by atoms with van der Waals surface area (Å²) >= 11 is 12.1. The van der Waals surface area contributed by atoms with Gasteiger partial charge in [0, 0.05) is 12.6 Å². The topological polar surface area (TPSA) is 49.4 Å². The summed E-state index contributed by atoms with van der Waals surface area (Å²) in [6.45, 7) is 2.29. The molecule has 0 aromatic heterocycles. The molecule has 0 spiro atoms. The predicted molar refractivity (Wildman–Crippen MR) is 127 cm³/mol. The van der Waals surface area contributed by atoms with Crippen LogP contribution in [-0.4, -0.2) is 35.3 Å². The second kappa shape index (κ2) is 11.5. The van der Waals surface area contributed by atoms with Crippen LogP contribution in [0.3, 0.4) is 0 Å². The first kappa shape index (κ1) is 23.6. The van der Waals surface area contributed by atoms with E-state index < -0.39 is 6.04 Å². The molecule has 0 heterocycles. The summed E-state index contributed by atoms with van der Waals surface area (Å²) < 4.78 is 0. The Labute approximate surface area is 194 Å². The number of hydrogen-bond acceptors (Lipinski definition) is 2.